The number of amides is 2. The van der Waals surface area contributed by atoms with E-state index < -0.39 is 0 Å². The Morgan fingerprint density at radius 1 is 1.41 bits per heavy atom. The summed E-state index contributed by atoms with van der Waals surface area (Å²) >= 11 is 7.41. The van der Waals surface area contributed by atoms with E-state index in [0.29, 0.717) is 6.54 Å². The summed E-state index contributed by atoms with van der Waals surface area (Å²) in [6.07, 6.45) is 3.50. The quantitative estimate of drug-likeness (QED) is 0.809. The third kappa shape index (κ3) is 3.36. The van der Waals surface area contributed by atoms with E-state index >= 15 is 0 Å². The zero-order valence-corrected chi connectivity index (χ0v) is 11.6. The fourth-order valence-corrected chi connectivity index (χ4v) is 3.21. The summed E-state index contributed by atoms with van der Waals surface area (Å²) in [5, 5.41) is 0. The second kappa shape index (κ2) is 5.74. The van der Waals surface area contributed by atoms with E-state index in [4.69, 9.17) is 11.6 Å². The number of nitrogens with zero attached hydrogens (tertiary/aromatic N) is 2. The van der Waals surface area contributed by atoms with Gasteiger partial charge < -0.3 is 9.80 Å². The molecule has 0 atom stereocenters. The molecule has 1 aliphatic heterocycles. The van der Waals surface area contributed by atoms with Crippen molar-refractivity contribution in [1.29, 1.82) is 0 Å². The monoisotopic (exact) mass is 272 g/mol. The SMILES string of the molecule is CN(Cc1ccc(Cl)s1)C(=O)N1CCCCC1. The van der Waals surface area contributed by atoms with Gasteiger partial charge >= 0.3 is 6.03 Å². The lowest BCUT2D eigenvalue weighted by molar-refractivity contribution is 0.151. The van der Waals surface area contributed by atoms with E-state index in [1.165, 1.54) is 17.8 Å². The molecule has 2 heterocycles. The van der Waals surface area contributed by atoms with Crippen LogP contribution in [0.5, 0.6) is 0 Å². The van der Waals surface area contributed by atoms with Crippen molar-refractivity contribution in [2.24, 2.45) is 0 Å². The predicted molar refractivity (Wildman–Crippen MR) is 71.6 cm³/mol. The van der Waals surface area contributed by atoms with Gasteiger partial charge in [-0.1, -0.05) is 11.6 Å². The van der Waals surface area contributed by atoms with Crippen molar-refractivity contribution in [1.82, 2.24) is 9.80 Å². The van der Waals surface area contributed by atoms with Gasteiger partial charge in [-0.05, 0) is 31.4 Å². The van der Waals surface area contributed by atoms with E-state index in [1.54, 1.807) is 4.90 Å². The van der Waals surface area contributed by atoms with Gasteiger partial charge in [0.25, 0.3) is 0 Å². The minimum Gasteiger partial charge on any atom is -0.325 e. The maximum atomic E-state index is 12.1. The maximum Gasteiger partial charge on any atom is 0.320 e. The van der Waals surface area contributed by atoms with Gasteiger partial charge in [0.15, 0.2) is 0 Å². The van der Waals surface area contributed by atoms with Crippen molar-refractivity contribution in [3.63, 3.8) is 0 Å². The van der Waals surface area contributed by atoms with Gasteiger partial charge in [0.2, 0.25) is 0 Å². The van der Waals surface area contributed by atoms with Crippen molar-refractivity contribution in [2.45, 2.75) is 25.8 Å². The summed E-state index contributed by atoms with van der Waals surface area (Å²) in [4.78, 5) is 17.0. The zero-order chi connectivity index (χ0) is 12.3. The van der Waals surface area contributed by atoms with E-state index in [9.17, 15) is 4.79 Å². The Hall–Kier alpha value is -0.740. The molecule has 1 fully saturated rings. The molecule has 0 saturated carbocycles. The lowest BCUT2D eigenvalue weighted by atomic mass is 10.1. The number of thiophene rings is 1. The third-order valence-electron chi connectivity index (χ3n) is 2.97. The average molecular weight is 273 g/mol. The predicted octanol–water partition coefficient (Wildman–Crippen LogP) is 3.44. The molecule has 17 heavy (non-hydrogen) atoms. The first-order valence-electron chi connectivity index (χ1n) is 5.91. The van der Waals surface area contributed by atoms with Crippen molar-refractivity contribution < 1.29 is 4.79 Å². The molecule has 1 aliphatic rings. The molecule has 1 aromatic heterocycles. The number of likely N-dealkylation sites (tertiary alicyclic amines) is 1. The van der Waals surface area contributed by atoms with Crippen LogP contribution >= 0.6 is 22.9 Å². The van der Waals surface area contributed by atoms with Crippen molar-refractivity contribution >= 4 is 29.0 Å². The number of halogens is 1. The number of piperidine rings is 1. The van der Waals surface area contributed by atoms with Crippen LogP contribution in [0, 0.1) is 0 Å². The second-order valence-corrected chi connectivity index (χ2v) is 6.19. The molecule has 0 aromatic carbocycles. The van der Waals surface area contributed by atoms with Crippen LogP contribution in [-0.4, -0.2) is 36.0 Å². The van der Waals surface area contributed by atoms with Crippen molar-refractivity contribution in [3.8, 4) is 0 Å². The van der Waals surface area contributed by atoms with E-state index in [-0.39, 0.29) is 6.03 Å². The van der Waals surface area contributed by atoms with Crippen molar-refractivity contribution in [3.05, 3.63) is 21.3 Å². The van der Waals surface area contributed by atoms with Crippen LogP contribution in [0.1, 0.15) is 24.1 Å². The number of hydrogen-bond donors (Lipinski definition) is 0. The molecule has 94 valence electrons. The van der Waals surface area contributed by atoms with Gasteiger partial charge in [-0.2, -0.15) is 0 Å². The lowest BCUT2D eigenvalue weighted by Gasteiger charge is -2.30. The minimum absolute atomic E-state index is 0.134. The van der Waals surface area contributed by atoms with Gasteiger partial charge in [-0.25, -0.2) is 4.79 Å². The number of hydrogen-bond acceptors (Lipinski definition) is 2. The molecule has 0 N–H and O–H groups in total. The Morgan fingerprint density at radius 2 is 2.12 bits per heavy atom. The molecule has 0 unspecified atom stereocenters. The molecular weight excluding hydrogens is 256 g/mol. The average Bonchev–Trinajstić information content (AvgIpc) is 2.75. The van der Waals surface area contributed by atoms with Gasteiger partial charge in [-0.3, -0.25) is 0 Å². The van der Waals surface area contributed by atoms with Gasteiger partial charge in [0, 0.05) is 25.0 Å². The fraction of sp³-hybridized carbons (Fsp3) is 0.583. The Morgan fingerprint density at radius 3 is 2.71 bits per heavy atom. The molecule has 0 aliphatic carbocycles. The molecule has 1 aromatic rings. The summed E-state index contributed by atoms with van der Waals surface area (Å²) < 4.78 is 0.777. The second-order valence-electron chi connectivity index (χ2n) is 4.39. The smallest absolute Gasteiger partial charge is 0.320 e. The summed E-state index contributed by atoms with van der Waals surface area (Å²) in [6, 6.07) is 3.99. The highest BCUT2D eigenvalue weighted by atomic mass is 35.5. The molecule has 5 heteroatoms. The van der Waals surface area contributed by atoms with Crippen LogP contribution < -0.4 is 0 Å². The highest BCUT2D eigenvalue weighted by Crippen LogP contribution is 2.23. The first-order chi connectivity index (χ1) is 8.16. The van der Waals surface area contributed by atoms with Crippen LogP contribution in [0.4, 0.5) is 4.79 Å². The van der Waals surface area contributed by atoms with Gasteiger partial charge in [0.05, 0.1) is 10.9 Å². The maximum absolute atomic E-state index is 12.1. The number of carbonyl (C=O) groups is 1. The number of rotatable bonds is 2. The minimum atomic E-state index is 0.134. The Balaban J connectivity index is 1.90. The standard InChI is InChI=1S/C12H17ClN2OS/c1-14(9-10-5-6-11(13)17-10)12(16)15-7-3-2-4-8-15/h5-6H,2-4,7-9H2,1H3. The number of urea groups is 1. The summed E-state index contributed by atoms with van der Waals surface area (Å²) in [7, 11) is 1.85. The van der Waals surface area contributed by atoms with E-state index in [0.717, 1.165) is 35.1 Å². The first kappa shape index (κ1) is 12.7. The Kier molecular flexibility index (Phi) is 4.29. The van der Waals surface area contributed by atoms with Gasteiger partial charge in [-0.15, -0.1) is 11.3 Å². The molecule has 3 nitrogen and oxygen atoms in total. The largest absolute Gasteiger partial charge is 0.325 e. The highest BCUT2D eigenvalue weighted by molar-refractivity contribution is 7.16. The van der Waals surface area contributed by atoms with Crippen LogP contribution in [0.15, 0.2) is 12.1 Å². The van der Waals surface area contributed by atoms with Gasteiger partial charge in [0.1, 0.15) is 0 Å². The molecule has 2 amide bonds. The summed E-state index contributed by atoms with van der Waals surface area (Å²) in [5.74, 6) is 0. The zero-order valence-electron chi connectivity index (χ0n) is 9.99. The van der Waals surface area contributed by atoms with Crippen LogP contribution in [0.3, 0.4) is 0 Å². The Labute approximate surface area is 111 Å². The van der Waals surface area contributed by atoms with Crippen LogP contribution in [0.2, 0.25) is 4.34 Å². The molecule has 0 radical (unpaired) electrons. The van der Waals surface area contributed by atoms with Crippen molar-refractivity contribution in [2.75, 3.05) is 20.1 Å². The first-order valence-corrected chi connectivity index (χ1v) is 7.10. The summed E-state index contributed by atoms with van der Waals surface area (Å²) in [5.41, 5.74) is 0. The van der Waals surface area contributed by atoms with Crippen LogP contribution in [0.25, 0.3) is 0 Å². The highest BCUT2D eigenvalue weighted by Gasteiger charge is 2.20. The Bertz CT molecular complexity index is 388. The molecule has 0 bridgehead atoms. The van der Waals surface area contributed by atoms with E-state index in [1.807, 2.05) is 24.1 Å². The number of carbonyl (C=O) groups excluding carboxylic acids is 1. The fourth-order valence-electron chi connectivity index (χ4n) is 2.06. The normalized spacial score (nSPS) is 16.0. The molecule has 1 saturated heterocycles. The summed E-state index contributed by atoms with van der Waals surface area (Å²) in [6.45, 7) is 2.44. The van der Waals surface area contributed by atoms with Crippen LogP contribution in [-0.2, 0) is 6.54 Å². The molecular formula is C12H17ClN2OS. The van der Waals surface area contributed by atoms with E-state index in [2.05, 4.69) is 0 Å². The molecule has 2 rings (SSSR count). The molecule has 0 spiro atoms. The lowest BCUT2D eigenvalue weighted by Crippen LogP contribution is -2.43. The third-order valence-corrected chi connectivity index (χ3v) is 4.19. The topological polar surface area (TPSA) is 23.6 Å².